The second-order valence-corrected chi connectivity index (χ2v) is 5.26. The van der Waals surface area contributed by atoms with Gasteiger partial charge in [0.05, 0.1) is 12.7 Å². The highest BCUT2D eigenvalue weighted by Crippen LogP contribution is 2.32. The minimum absolute atomic E-state index is 0.161. The number of carbonyl (C=O) groups excluding carboxylic acids is 1. The second-order valence-electron chi connectivity index (χ2n) is 5.26. The lowest BCUT2D eigenvalue weighted by atomic mass is 9.99. The van der Waals surface area contributed by atoms with Gasteiger partial charge in [-0.05, 0) is 48.2 Å². The van der Waals surface area contributed by atoms with Gasteiger partial charge in [0, 0.05) is 18.1 Å². The van der Waals surface area contributed by atoms with E-state index in [0.29, 0.717) is 11.5 Å². The van der Waals surface area contributed by atoms with Gasteiger partial charge in [0.1, 0.15) is 5.75 Å². The minimum atomic E-state index is -0.161. The molecule has 0 aliphatic carbocycles. The van der Waals surface area contributed by atoms with Gasteiger partial charge in [-0.2, -0.15) is 0 Å². The molecule has 0 aliphatic rings. The third-order valence-electron chi connectivity index (χ3n) is 3.37. The molecule has 1 amide bonds. The van der Waals surface area contributed by atoms with Crippen LogP contribution in [0, 0.1) is 6.92 Å². The molecule has 1 aromatic heterocycles. The molecule has 0 unspecified atom stereocenters. The van der Waals surface area contributed by atoms with Gasteiger partial charge in [-0.1, -0.05) is 13.8 Å². The number of aryl methyl sites for hydroxylation is 1. The van der Waals surface area contributed by atoms with E-state index in [1.165, 1.54) is 0 Å². The molecule has 4 nitrogen and oxygen atoms in total. The molecule has 0 saturated carbocycles. The molecule has 0 saturated heterocycles. The Kier molecular flexibility index (Phi) is 4.58. The SMILES string of the molecule is COc1cc(C)c(NC(=O)c2cccnc2)cc1C(C)C. The number of benzene rings is 1. The number of methoxy groups -OCH3 is 1. The third kappa shape index (κ3) is 3.40. The van der Waals surface area contributed by atoms with Crippen molar-refractivity contribution in [3.8, 4) is 5.75 Å². The van der Waals surface area contributed by atoms with Gasteiger partial charge in [-0.15, -0.1) is 0 Å². The summed E-state index contributed by atoms with van der Waals surface area (Å²) in [4.78, 5) is 16.2. The standard InChI is InChI=1S/C17H20N2O2/c1-11(2)14-9-15(12(3)8-16(14)21-4)19-17(20)13-6-5-7-18-10-13/h5-11H,1-4H3,(H,19,20). The Labute approximate surface area is 125 Å². The topological polar surface area (TPSA) is 51.2 Å². The maximum Gasteiger partial charge on any atom is 0.257 e. The molecule has 21 heavy (non-hydrogen) atoms. The summed E-state index contributed by atoms with van der Waals surface area (Å²) in [5.41, 5.74) is 3.38. The summed E-state index contributed by atoms with van der Waals surface area (Å²) in [5.74, 6) is 1.00. The molecule has 0 aliphatic heterocycles. The molecule has 1 N–H and O–H groups in total. The van der Waals surface area contributed by atoms with Crippen LogP contribution >= 0.6 is 0 Å². The molecule has 2 aromatic rings. The Balaban J connectivity index is 2.32. The number of ether oxygens (including phenoxy) is 1. The van der Waals surface area contributed by atoms with Crippen molar-refractivity contribution < 1.29 is 9.53 Å². The molecule has 0 bridgehead atoms. The van der Waals surface area contributed by atoms with Crippen LogP contribution in [-0.4, -0.2) is 18.0 Å². The Bertz CT molecular complexity index is 637. The van der Waals surface area contributed by atoms with Crippen molar-refractivity contribution in [1.82, 2.24) is 4.98 Å². The summed E-state index contributed by atoms with van der Waals surface area (Å²) in [5, 5.41) is 2.94. The van der Waals surface area contributed by atoms with E-state index in [9.17, 15) is 4.79 Å². The fourth-order valence-electron chi connectivity index (χ4n) is 2.15. The van der Waals surface area contributed by atoms with E-state index in [1.807, 2.05) is 19.1 Å². The Morgan fingerprint density at radius 3 is 2.67 bits per heavy atom. The number of nitrogens with one attached hydrogen (secondary N) is 1. The van der Waals surface area contributed by atoms with Gasteiger partial charge < -0.3 is 10.1 Å². The number of anilines is 1. The molecule has 0 fully saturated rings. The number of rotatable bonds is 4. The molecule has 0 spiro atoms. The van der Waals surface area contributed by atoms with Crippen LogP contribution in [0.25, 0.3) is 0 Å². The van der Waals surface area contributed by atoms with Gasteiger partial charge in [0.25, 0.3) is 5.91 Å². The van der Waals surface area contributed by atoms with Gasteiger partial charge in [0.15, 0.2) is 0 Å². The van der Waals surface area contributed by atoms with E-state index in [4.69, 9.17) is 4.74 Å². The molecule has 0 atom stereocenters. The van der Waals surface area contributed by atoms with Crippen molar-refractivity contribution in [2.75, 3.05) is 12.4 Å². The summed E-state index contributed by atoms with van der Waals surface area (Å²) < 4.78 is 5.41. The zero-order valence-electron chi connectivity index (χ0n) is 12.8. The normalized spacial score (nSPS) is 10.5. The first-order valence-corrected chi connectivity index (χ1v) is 6.92. The van der Waals surface area contributed by atoms with E-state index in [1.54, 1.807) is 31.6 Å². The lowest BCUT2D eigenvalue weighted by molar-refractivity contribution is 0.102. The van der Waals surface area contributed by atoms with Crippen LogP contribution in [0.2, 0.25) is 0 Å². The lowest BCUT2D eigenvalue weighted by Crippen LogP contribution is -2.13. The molecule has 0 radical (unpaired) electrons. The molecule has 110 valence electrons. The van der Waals surface area contributed by atoms with E-state index >= 15 is 0 Å². The van der Waals surface area contributed by atoms with Gasteiger partial charge in [-0.25, -0.2) is 0 Å². The Morgan fingerprint density at radius 1 is 1.33 bits per heavy atom. The first kappa shape index (κ1) is 15.0. The highest BCUT2D eigenvalue weighted by molar-refractivity contribution is 6.04. The fourth-order valence-corrected chi connectivity index (χ4v) is 2.15. The Hall–Kier alpha value is -2.36. The number of amides is 1. The molecule has 4 heteroatoms. The number of nitrogens with zero attached hydrogens (tertiary/aromatic N) is 1. The summed E-state index contributed by atoms with van der Waals surface area (Å²) in [6, 6.07) is 7.42. The van der Waals surface area contributed by atoms with Crippen molar-refractivity contribution in [2.45, 2.75) is 26.7 Å². The third-order valence-corrected chi connectivity index (χ3v) is 3.37. The molecule has 1 aromatic carbocycles. The number of hydrogen-bond donors (Lipinski definition) is 1. The molecular weight excluding hydrogens is 264 g/mol. The first-order valence-electron chi connectivity index (χ1n) is 6.92. The number of hydrogen-bond acceptors (Lipinski definition) is 3. The Morgan fingerprint density at radius 2 is 2.10 bits per heavy atom. The van der Waals surface area contributed by atoms with Crippen LogP contribution in [0.5, 0.6) is 5.75 Å². The van der Waals surface area contributed by atoms with E-state index in [0.717, 1.165) is 22.6 Å². The number of aromatic nitrogens is 1. The smallest absolute Gasteiger partial charge is 0.257 e. The second kappa shape index (κ2) is 6.39. The van der Waals surface area contributed by atoms with Crippen molar-refractivity contribution in [3.63, 3.8) is 0 Å². The highest BCUT2D eigenvalue weighted by atomic mass is 16.5. The zero-order chi connectivity index (χ0) is 15.4. The van der Waals surface area contributed by atoms with E-state index < -0.39 is 0 Å². The van der Waals surface area contributed by atoms with Crippen LogP contribution in [0.3, 0.4) is 0 Å². The average molecular weight is 284 g/mol. The average Bonchev–Trinajstić information content (AvgIpc) is 2.49. The minimum Gasteiger partial charge on any atom is -0.496 e. The monoisotopic (exact) mass is 284 g/mol. The van der Waals surface area contributed by atoms with Gasteiger partial charge >= 0.3 is 0 Å². The lowest BCUT2D eigenvalue weighted by Gasteiger charge is -2.16. The maximum atomic E-state index is 12.2. The van der Waals surface area contributed by atoms with Gasteiger partial charge in [0.2, 0.25) is 0 Å². The predicted octanol–water partition coefficient (Wildman–Crippen LogP) is 3.77. The van der Waals surface area contributed by atoms with Crippen molar-refractivity contribution in [3.05, 3.63) is 53.3 Å². The highest BCUT2D eigenvalue weighted by Gasteiger charge is 2.13. The van der Waals surface area contributed by atoms with E-state index in [-0.39, 0.29) is 5.91 Å². The van der Waals surface area contributed by atoms with E-state index in [2.05, 4.69) is 24.1 Å². The van der Waals surface area contributed by atoms with Crippen molar-refractivity contribution in [2.24, 2.45) is 0 Å². The first-order chi connectivity index (χ1) is 10.0. The molecular formula is C17H20N2O2. The number of pyridine rings is 1. The quantitative estimate of drug-likeness (QED) is 0.929. The fraction of sp³-hybridized carbons (Fsp3) is 0.294. The van der Waals surface area contributed by atoms with Crippen LogP contribution in [0.4, 0.5) is 5.69 Å². The van der Waals surface area contributed by atoms with Crippen molar-refractivity contribution in [1.29, 1.82) is 0 Å². The molecule has 2 rings (SSSR count). The zero-order valence-corrected chi connectivity index (χ0v) is 12.8. The summed E-state index contributed by atoms with van der Waals surface area (Å²) in [7, 11) is 1.66. The summed E-state index contributed by atoms with van der Waals surface area (Å²) in [6.07, 6.45) is 3.20. The summed E-state index contributed by atoms with van der Waals surface area (Å²) in [6.45, 7) is 6.14. The number of carbonyl (C=O) groups is 1. The largest absolute Gasteiger partial charge is 0.496 e. The van der Waals surface area contributed by atoms with Crippen molar-refractivity contribution >= 4 is 11.6 Å². The van der Waals surface area contributed by atoms with Gasteiger partial charge in [-0.3, -0.25) is 9.78 Å². The van der Waals surface area contributed by atoms with Crippen LogP contribution < -0.4 is 10.1 Å². The van der Waals surface area contributed by atoms with Crippen LogP contribution in [0.15, 0.2) is 36.7 Å². The predicted molar refractivity (Wildman–Crippen MR) is 84.0 cm³/mol. The summed E-state index contributed by atoms with van der Waals surface area (Å²) >= 11 is 0. The molecule has 1 heterocycles. The van der Waals surface area contributed by atoms with Crippen LogP contribution in [-0.2, 0) is 0 Å². The maximum absolute atomic E-state index is 12.2. The van der Waals surface area contributed by atoms with Crippen LogP contribution in [0.1, 0.15) is 41.3 Å².